The number of pyridine rings is 1. The van der Waals surface area contributed by atoms with E-state index < -0.39 is 10.0 Å². The second kappa shape index (κ2) is 7.72. The predicted molar refractivity (Wildman–Crippen MR) is 96.6 cm³/mol. The Balaban J connectivity index is 2.28. The summed E-state index contributed by atoms with van der Waals surface area (Å²) < 4.78 is 32.7. The fourth-order valence-corrected chi connectivity index (χ4v) is 3.73. The number of methoxy groups -OCH3 is 1. The molecule has 1 aromatic carbocycles. The zero-order valence-electron chi connectivity index (χ0n) is 13.8. The van der Waals surface area contributed by atoms with Gasteiger partial charge in [-0.25, -0.2) is 13.4 Å². The number of ether oxygens (including phenoxy) is 1. The van der Waals surface area contributed by atoms with Gasteiger partial charge in [-0.3, -0.25) is 4.72 Å². The van der Waals surface area contributed by atoms with E-state index >= 15 is 0 Å². The van der Waals surface area contributed by atoms with Crippen LogP contribution in [0.15, 0.2) is 41.4 Å². The van der Waals surface area contributed by atoms with Gasteiger partial charge in [0.05, 0.1) is 19.0 Å². The van der Waals surface area contributed by atoms with Crippen molar-refractivity contribution in [3.05, 3.63) is 41.6 Å². The molecule has 0 aliphatic carbocycles. The highest BCUT2D eigenvalue weighted by atomic mass is 35.5. The zero-order valence-corrected chi connectivity index (χ0v) is 15.4. The molecule has 1 N–H and O–H groups in total. The van der Waals surface area contributed by atoms with Crippen LogP contribution in [0.2, 0.25) is 5.02 Å². The van der Waals surface area contributed by atoms with Gasteiger partial charge in [0.25, 0.3) is 10.0 Å². The lowest BCUT2D eigenvalue weighted by molar-refractivity contribution is 0.403. The van der Waals surface area contributed by atoms with Crippen molar-refractivity contribution in [2.45, 2.75) is 18.7 Å². The van der Waals surface area contributed by atoms with E-state index in [0.29, 0.717) is 10.7 Å². The van der Waals surface area contributed by atoms with Gasteiger partial charge in [0.1, 0.15) is 16.5 Å². The predicted octanol–water partition coefficient (Wildman–Crippen LogP) is 3.39. The molecule has 2 rings (SSSR count). The van der Waals surface area contributed by atoms with Crippen LogP contribution in [0.25, 0.3) is 0 Å². The maximum atomic E-state index is 12.6. The van der Waals surface area contributed by atoms with Crippen LogP contribution < -0.4 is 14.4 Å². The molecule has 0 atom stereocenters. The summed E-state index contributed by atoms with van der Waals surface area (Å²) in [6, 6.07) is 7.88. The Labute approximate surface area is 147 Å². The Hall–Kier alpha value is -1.99. The molecule has 1 aromatic heterocycles. The largest absolute Gasteiger partial charge is 0.495 e. The number of rotatable bonds is 7. The summed E-state index contributed by atoms with van der Waals surface area (Å²) in [6.07, 6.45) is 1.49. The monoisotopic (exact) mass is 369 g/mol. The molecule has 6 nitrogen and oxygen atoms in total. The van der Waals surface area contributed by atoms with Gasteiger partial charge in [0.2, 0.25) is 0 Å². The van der Waals surface area contributed by atoms with Crippen molar-refractivity contribution in [3.63, 3.8) is 0 Å². The number of nitrogens with one attached hydrogen (secondary N) is 1. The third-order valence-corrected chi connectivity index (χ3v) is 5.14. The molecule has 1 heterocycles. The van der Waals surface area contributed by atoms with E-state index in [-0.39, 0.29) is 10.6 Å². The minimum Gasteiger partial charge on any atom is -0.495 e. The number of benzene rings is 1. The third-order valence-electron chi connectivity index (χ3n) is 3.50. The fraction of sp³-hybridized carbons (Fsp3) is 0.312. The summed E-state index contributed by atoms with van der Waals surface area (Å²) >= 11 is 5.90. The van der Waals surface area contributed by atoms with Crippen molar-refractivity contribution in [1.29, 1.82) is 0 Å². The van der Waals surface area contributed by atoms with Crippen LogP contribution in [0.5, 0.6) is 5.75 Å². The lowest BCUT2D eigenvalue weighted by Crippen LogP contribution is -2.23. The summed E-state index contributed by atoms with van der Waals surface area (Å²) in [6.45, 7) is 5.73. The molecule has 0 fully saturated rings. The summed E-state index contributed by atoms with van der Waals surface area (Å²) in [5, 5.41) is 0.311. The maximum absolute atomic E-state index is 12.6. The molecule has 0 saturated carbocycles. The highest BCUT2D eigenvalue weighted by molar-refractivity contribution is 7.92. The minimum absolute atomic E-state index is 0.0229. The quantitative estimate of drug-likeness (QED) is 0.809. The van der Waals surface area contributed by atoms with Crippen LogP contribution in [-0.4, -0.2) is 33.6 Å². The van der Waals surface area contributed by atoms with Crippen molar-refractivity contribution >= 4 is 33.1 Å². The first-order valence-electron chi connectivity index (χ1n) is 7.48. The van der Waals surface area contributed by atoms with Gasteiger partial charge in [0, 0.05) is 18.1 Å². The van der Waals surface area contributed by atoms with Gasteiger partial charge in [-0.05, 0) is 44.2 Å². The van der Waals surface area contributed by atoms with E-state index in [4.69, 9.17) is 16.3 Å². The Bertz CT molecular complexity index is 791. The molecule has 0 aliphatic heterocycles. The van der Waals surface area contributed by atoms with Crippen molar-refractivity contribution in [2.24, 2.45) is 0 Å². The molecule has 0 amide bonds. The summed E-state index contributed by atoms with van der Waals surface area (Å²) in [5.41, 5.74) is 0.368. The van der Waals surface area contributed by atoms with E-state index in [9.17, 15) is 8.42 Å². The highest BCUT2D eigenvalue weighted by Gasteiger charge is 2.20. The van der Waals surface area contributed by atoms with Gasteiger partial charge in [-0.1, -0.05) is 11.6 Å². The molecule has 0 saturated heterocycles. The van der Waals surface area contributed by atoms with Gasteiger partial charge < -0.3 is 9.64 Å². The van der Waals surface area contributed by atoms with Gasteiger partial charge in [0.15, 0.2) is 0 Å². The van der Waals surface area contributed by atoms with Crippen molar-refractivity contribution in [3.8, 4) is 5.75 Å². The van der Waals surface area contributed by atoms with Crippen LogP contribution in [0.4, 0.5) is 11.5 Å². The smallest absolute Gasteiger partial charge is 0.265 e. The van der Waals surface area contributed by atoms with Crippen LogP contribution >= 0.6 is 11.6 Å². The number of halogens is 1. The van der Waals surface area contributed by atoms with Crippen molar-refractivity contribution in [2.75, 3.05) is 29.8 Å². The number of sulfonamides is 1. The van der Waals surface area contributed by atoms with Crippen LogP contribution in [-0.2, 0) is 10.0 Å². The molecule has 130 valence electrons. The number of anilines is 2. The fourth-order valence-electron chi connectivity index (χ4n) is 2.25. The highest BCUT2D eigenvalue weighted by Crippen LogP contribution is 2.28. The molecule has 0 aliphatic rings. The Morgan fingerprint density at radius 1 is 1.21 bits per heavy atom. The lowest BCUT2D eigenvalue weighted by Gasteiger charge is -2.19. The van der Waals surface area contributed by atoms with Gasteiger partial charge >= 0.3 is 0 Å². The van der Waals surface area contributed by atoms with Crippen molar-refractivity contribution in [1.82, 2.24) is 4.98 Å². The van der Waals surface area contributed by atoms with Gasteiger partial charge in [-0.2, -0.15) is 0 Å². The Morgan fingerprint density at radius 2 is 1.92 bits per heavy atom. The summed E-state index contributed by atoms with van der Waals surface area (Å²) in [4.78, 5) is 6.35. The molecule has 0 bridgehead atoms. The maximum Gasteiger partial charge on any atom is 0.265 e. The second-order valence-corrected chi connectivity index (χ2v) is 7.07. The number of nitrogens with zero attached hydrogens (tertiary/aromatic N) is 2. The Kier molecular flexibility index (Phi) is 5.90. The number of hydrogen-bond donors (Lipinski definition) is 1. The molecular formula is C16H20ClN3O3S. The second-order valence-electron chi connectivity index (χ2n) is 4.98. The SMILES string of the molecule is CCN(CC)c1ccc(NS(=O)(=O)c2cc(Cl)ccc2OC)cn1. The molecule has 0 spiro atoms. The lowest BCUT2D eigenvalue weighted by atomic mass is 10.3. The van der Waals surface area contributed by atoms with Crippen molar-refractivity contribution < 1.29 is 13.2 Å². The average Bonchev–Trinajstić information content (AvgIpc) is 2.57. The van der Waals surface area contributed by atoms with Crippen LogP contribution in [0.1, 0.15) is 13.8 Å². The van der Waals surface area contributed by atoms with E-state index in [2.05, 4.69) is 14.6 Å². The van der Waals surface area contributed by atoms with E-state index in [1.807, 2.05) is 13.8 Å². The van der Waals surface area contributed by atoms with E-state index in [1.165, 1.54) is 25.4 Å². The number of hydrogen-bond acceptors (Lipinski definition) is 5. The normalized spacial score (nSPS) is 11.2. The Morgan fingerprint density at radius 3 is 2.46 bits per heavy atom. The first-order valence-corrected chi connectivity index (χ1v) is 9.34. The molecule has 0 unspecified atom stereocenters. The first kappa shape index (κ1) is 18.4. The molecule has 2 aromatic rings. The first-order chi connectivity index (χ1) is 11.4. The van der Waals surface area contributed by atoms with E-state index in [0.717, 1.165) is 18.9 Å². The number of aromatic nitrogens is 1. The molecule has 24 heavy (non-hydrogen) atoms. The average molecular weight is 370 g/mol. The van der Waals surface area contributed by atoms with Crippen LogP contribution in [0, 0.1) is 0 Å². The molecule has 0 radical (unpaired) electrons. The minimum atomic E-state index is -3.84. The van der Waals surface area contributed by atoms with Crippen LogP contribution in [0.3, 0.4) is 0 Å². The molecular weight excluding hydrogens is 350 g/mol. The molecule has 8 heteroatoms. The topological polar surface area (TPSA) is 71.5 Å². The summed E-state index contributed by atoms with van der Waals surface area (Å²) in [5.74, 6) is 1.02. The standard InChI is InChI=1S/C16H20ClN3O3S/c1-4-20(5-2)16-9-7-13(11-18-16)19-24(21,22)15-10-12(17)6-8-14(15)23-3/h6-11,19H,4-5H2,1-3H3. The summed E-state index contributed by atoms with van der Waals surface area (Å²) in [7, 11) is -2.43. The zero-order chi connectivity index (χ0) is 17.7. The third kappa shape index (κ3) is 4.10. The van der Waals surface area contributed by atoms with E-state index in [1.54, 1.807) is 18.2 Å². The van der Waals surface area contributed by atoms with Gasteiger partial charge in [-0.15, -0.1) is 0 Å².